The maximum absolute atomic E-state index is 6.13. The molecule has 0 saturated carbocycles. The van der Waals surface area contributed by atoms with Crippen LogP contribution >= 0.6 is 11.6 Å². The maximum atomic E-state index is 6.13. The van der Waals surface area contributed by atoms with Crippen LogP contribution in [-0.2, 0) is 0 Å². The highest BCUT2D eigenvalue weighted by atomic mass is 35.5. The summed E-state index contributed by atoms with van der Waals surface area (Å²) in [5, 5.41) is 6.08. The predicted molar refractivity (Wildman–Crippen MR) is 171 cm³/mol. The molecule has 0 saturated heterocycles. The van der Waals surface area contributed by atoms with Crippen LogP contribution in [0.2, 0.25) is 5.15 Å². The van der Waals surface area contributed by atoms with Gasteiger partial charge in [-0.05, 0) is 64.4 Å². The smallest absolute Gasteiger partial charge is 0.129 e. The molecule has 0 aliphatic rings. The highest BCUT2D eigenvalue weighted by molar-refractivity contribution is 6.29. The quantitative estimate of drug-likeness (QED) is 0.164. The average Bonchev–Trinajstić information content (AvgIpc) is 3.03. The molecule has 5 aromatic carbocycles. The Bertz CT molecular complexity index is 2280. The number of rotatable bonds is 3. The normalized spacial score (nSPS) is 11.5. The van der Waals surface area contributed by atoms with Crippen molar-refractivity contribution < 1.29 is 0 Å². The summed E-state index contributed by atoms with van der Waals surface area (Å²) in [6.45, 7) is 0. The first kappa shape index (κ1) is 23.7. The lowest BCUT2D eigenvalue weighted by atomic mass is 9.98. The molecule has 0 fully saturated rings. The second-order valence-corrected chi connectivity index (χ2v) is 10.7. The van der Waals surface area contributed by atoms with Crippen LogP contribution in [-0.4, -0.2) is 15.0 Å². The van der Waals surface area contributed by atoms with Crippen LogP contribution < -0.4 is 0 Å². The Morgan fingerprint density at radius 2 is 0.878 bits per heavy atom. The number of hydrogen-bond acceptors (Lipinski definition) is 3. The van der Waals surface area contributed by atoms with Gasteiger partial charge in [-0.25, -0.2) is 15.0 Å². The zero-order chi connectivity index (χ0) is 27.3. The van der Waals surface area contributed by atoms with Crippen LogP contribution in [0, 0.1) is 0 Å². The molecule has 0 radical (unpaired) electrons. The lowest BCUT2D eigenvalue weighted by molar-refractivity contribution is 1.37. The summed E-state index contributed by atoms with van der Waals surface area (Å²) in [6.07, 6.45) is 0. The lowest BCUT2D eigenvalue weighted by Crippen LogP contribution is -1.91. The first-order chi connectivity index (χ1) is 20.2. The van der Waals surface area contributed by atoms with Gasteiger partial charge in [-0.3, -0.25) is 0 Å². The number of aromatic nitrogens is 3. The number of benzene rings is 5. The van der Waals surface area contributed by atoms with Crippen molar-refractivity contribution in [3.05, 3.63) is 139 Å². The van der Waals surface area contributed by atoms with Gasteiger partial charge in [-0.1, -0.05) is 103 Å². The number of hydrogen-bond donors (Lipinski definition) is 0. The fourth-order valence-corrected chi connectivity index (χ4v) is 5.71. The molecule has 0 N–H and O–H groups in total. The summed E-state index contributed by atoms with van der Waals surface area (Å²) >= 11 is 6.13. The minimum Gasteiger partial charge on any atom is -0.245 e. The van der Waals surface area contributed by atoms with Crippen LogP contribution in [0.15, 0.2) is 133 Å². The van der Waals surface area contributed by atoms with Crippen molar-refractivity contribution in [3.63, 3.8) is 0 Å². The topological polar surface area (TPSA) is 38.7 Å². The van der Waals surface area contributed by atoms with Gasteiger partial charge in [-0.2, -0.15) is 0 Å². The molecule has 0 aliphatic carbocycles. The molecule has 8 aromatic rings. The van der Waals surface area contributed by atoms with Gasteiger partial charge in [0.1, 0.15) is 5.15 Å². The molecule has 0 unspecified atom stereocenters. The molecule has 4 heteroatoms. The number of pyridine rings is 3. The van der Waals surface area contributed by atoms with Crippen molar-refractivity contribution in [1.29, 1.82) is 0 Å². The minimum absolute atomic E-state index is 0.503. The molecule has 0 atom stereocenters. The molecule has 0 amide bonds. The van der Waals surface area contributed by atoms with Crippen LogP contribution in [0.4, 0.5) is 0 Å². The van der Waals surface area contributed by atoms with Crippen LogP contribution in [0.5, 0.6) is 0 Å². The Kier molecular flexibility index (Phi) is 5.51. The third-order valence-electron chi connectivity index (χ3n) is 7.72. The van der Waals surface area contributed by atoms with Gasteiger partial charge < -0.3 is 0 Å². The first-order valence-electron chi connectivity index (χ1n) is 13.5. The van der Waals surface area contributed by atoms with E-state index in [0.717, 1.165) is 71.7 Å². The number of fused-ring (bicyclic) bond motifs is 5. The second kappa shape index (κ2) is 9.51. The minimum atomic E-state index is 0.503. The fraction of sp³-hybridized carbons (Fsp3) is 0. The summed E-state index contributed by atoms with van der Waals surface area (Å²) in [5.74, 6) is 0. The monoisotopic (exact) mass is 543 g/mol. The molecular weight excluding hydrogens is 522 g/mol. The zero-order valence-corrected chi connectivity index (χ0v) is 22.7. The SMILES string of the molecule is Clc1ccc2ccc(-c3ccc4cc(-c5ccc6ccc7ccc(-c8ccccc8)nc7c6n5)ccc4c3)cc2n1. The first-order valence-corrected chi connectivity index (χ1v) is 13.9. The molecule has 3 nitrogen and oxygen atoms in total. The van der Waals surface area contributed by atoms with Crippen molar-refractivity contribution in [2.24, 2.45) is 0 Å². The Balaban J connectivity index is 1.20. The van der Waals surface area contributed by atoms with E-state index in [1.165, 1.54) is 5.39 Å². The van der Waals surface area contributed by atoms with E-state index in [2.05, 4.69) is 108 Å². The molecule has 0 aliphatic heterocycles. The molecule has 0 spiro atoms. The predicted octanol–water partition coefficient (Wildman–Crippen LogP) is 10.1. The van der Waals surface area contributed by atoms with E-state index in [1.807, 2.05) is 30.3 Å². The van der Waals surface area contributed by atoms with Gasteiger partial charge in [0.05, 0.1) is 27.9 Å². The highest BCUT2D eigenvalue weighted by Crippen LogP contribution is 2.32. The van der Waals surface area contributed by atoms with E-state index in [1.54, 1.807) is 0 Å². The third-order valence-corrected chi connectivity index (χ3v) is 7.93. The van der Waals surface area contributed by atoms with Crippen LogP contribution in [0.1, 0.15) is 0 Å². The summed E-state index contributed by atoms with van der Waals surface area (Å²) in [5.41, 5.74) is 9.04. The van der Waals surface area contributed by atoms with Gasteiger partial charge in [0.2, 0.25) is 0 Å². The van der Waals surface area contributed by atoms with Crippen molar-refractivity contribution in [2.75, 3.05) is 0 Å². The zero-order valence-electron chi connectivity index (χ0n) is 21.9. The third kappa shape index (κ3) is 4.28. The molecule has 0 bridgehead atoms. The summed E-state index contributed by atoms with van der Waals surface area (Å²) in [4.78, 5) is 14.7. The molecule has 3 aromatic heterocycles. The molecular formula is C37H22ClN3. The van der Waals surface area contributed by atoms with E-state index >= 15 is 0 Å². The standard InChI is InChI=1S/C37H22ClN3/c38-35-19-16-24-6-9-30(22-34(24)39-35)28-10-11-29-21-31(13-12-27(29)20-28)33-18-15-26-8-7-25-14-17-32(23-4-2-1-3-5-23)40-36(25)37(26)41-33/h1-22H. The summed E-state index contributed by atoms with van der Waals surface area (Å²) < 4.78 is 0. The van der Waals surface area contributed by atoms with Crippen molar-refractivity contribution in [3.8, 4) is 33.6 Å². The maximum Gasteiger partial charge on any atom is 0.129 e. The Hall–Kier alpha value is -5.12. The van der Waals surface area contributed by atoms with Gasteiger partial charge in [0.25, 0.3) is 0 Å². The van der Waals surface area contributed by atoms with Crippen molar-refractivity contribution in [1.82, 2.24) is 15.0 Å². The Morgan fingerprint density at radius 3 is 1.59 bits per heavy atom. The highest BCUT2D eigenvalue weighted by Gasteiger charge is 2.10. The van der Waals surface area contributed by atoms with Crippen LogP contribution in [0.3, 0.4) is 0 Å². The van der Waals surface area contributed by atoms with Gasteiger partial charge in [-0.15, -0.1) is 0 Å². The molecule has 192 valence electrons. The lowest BCUT2D eigenvalue weighted by Gasteiger charge is -2.10. The summed E-state index contributed by atoms with van der Waals surface area (Å²) in [6, 6.07) is 46.2. The van der Waals surface area contributed by atoms with E-state index in [9.17, 15) is 0 Å². The van der Waals surface area contributed by atoms with Gasteiger partial charge in [0, 0.05) is 27.3 Å². The van der Waals surface area contributed by atoms with E-state index in [4.69, 9.17) is 21.6 Å². The molecule has 8 rings (SSSR count). The largest absolute Gasteiger partial charge is 0.245 e. The van der Waals surface area contributed by atoms with E-state index in [0.29, 0.717) is 5.15 Å². The Morgan fingerprint density at radius 1 is 0.366 bits per heavy atom. The van der Waals surface area contributed by atoms with Crippen LogP contribution in [0.25, 0.3) is 77.1 Å². The number of halogens is 1. The summed E-state index contributed by atoms with van der Waals surface area (Å²) in [7, 11) is 0. The van der Waals surface area contributed by atoms with Gasteiger partial charge in [0.15, 0.2) is 0 Å². The van der Waals surface area contributed by atoms with E-state index < -0.39 is 0 Å². The molecule has 3 heterocycles. The average molecular weight is 544 g/mol. The van der Waals surface area contributed by atoms with Crippen molar-refractivity contribution in [2.45, 2.75) is 0 Å². The van der Waals surface area contributed by atoms with E-state index in [-0.39, 0.29) is 0 Å². The second-order valence-electron chi connectivity index (χ2n) is 10.3. The van der Waals surface area contributed by atoms with Gasteiger partial charge >= 0.3 is 0 Å². The molecule has 41 heavy (non-hydrogen) atoms. The van der Waals surface area contributed by atoms with Crippen molar-refractivity contribution >= 4 is 55.1 Å². The fourth-order valence-electron chi connectivity index (χ4n) is 5.55. The Labute approximate surface area is 241 Å². The number of nitrogens with zero attached hydrogens (tertiary/aromatic N) is 3.